The Morgan fingerprint density at radius 1 is 1.31 bits per heavy atom. The molecule has 0 saturated carbocycles. The number of rotatable bonds is 4. The summed E-state index contributed by atoms with van der Waals surface area (Å²) in [5.74, 6) is 1.13. The van der Waals surface area contributed by atoms with Crippen molar-refractivity contribution in [3.8, 4) is 11.8 Å². The number of nitrogens with zero attached hydrogens (tertiary/aromatic N) is 3. The van der Waals surface area contributed by atoms with Crippen LogP contribution in [0.5, 0.6) is 11.8 Å². The molecule has 0 atom stereocenters. The molecule has 138 valence electrons. The lowest BCUT2D eigenvalue weighted by Crippen LogP contribution is -2.35. The molecule has 3 rings (SSSR count). The summed E-state index contributed by atoms with van der Waals surface area (Å²) in [7, 11) is -2.79. The average Bonchev–Trinajstić information content (AvgIpc) is 2.60. The van der Waals surface area contributed by atoms with E-state index in [-0.39, 0.29) is 22.6 Å². The summed E-state index contributed by atoms with van der Waals surface area (Å²) in [5.41, 5.74) is 0.768. The number of carbonyl (C=O) groups is 1. The molecule has 0 aliphatic carbocycles. The SMILES string of the molecule is COc1nc(C)nc(NC(=O)NS(=O)(=O)c2cccc3c2OSCC3)n1. The van der Waals surface area contributed by atoms with E-state index in [1.165, 1.54) is 13.2 Å². The van der Waals surface area contributed by atoms with Gasteiger partial charge in [-0.3, -0.25) is 5.32 Å². The van der Waals surface area contributed by atoms with Gasteiger partial charge in [0.05, 0.1) is 19.2 Å². The third-order valence-electron chi connectivity index (χ3n) is 3.31. The molecule has 2 aromatic rings. The molecule has 1 aliphatic heterocycles. The molecule has 12 heteroatoms. The Kier molecular flexibility index (Phi) is 5.13. The van der Waals surface area contributed by atoms with Crippen molar-refractivity contribution in [2.45, 2.75) is 18.2 Å². The number of ether oxygens (including phenoxy) is 1. The van der Waals surface area contributed by atoms with Gasteiger partial charge in [0.1, 0.15) is 10.7 Å². The first-order valence-corrected chi connectivity index (χ1v) is 9.80. The standard InChI is InChI=1S/C14H15N5O5S2/c1-8-15-12(18-14(16-8)23-2)17-13(20)19-26(21,22)10-5-3-4-9-6-7-25-24-11(9)10/h3-5H,6-7H2,1-2H3,(H2,15,16,17,18,19,20). The van der Waals surface area contributed by atoms with Crippen LogP contribution in [0.2, 0.25) is 0 Å². The van der Waals surface area contributed by atoms with Crippen LogP contribution in [0, 0.1) is 6.92 Å². The maximum Gasteiger partial charge on any atom is 0.335 e. The summed E-state index contributed by atoms with van der Waals surface area (Å²) in [5, 5.41) is 2.25. The van der Waals surface area contributed by atoms with E-state index in [4.69, 9.17) is 8.92 Å². The van der Waals surface area contributed by atoms with Gasteiger partial charge in [-0.1, -0.05) is 12.1 Å². The van der Waals surface area contributed by atoms with Crippen LogP contribution in [-0.4, -0.2) is 42.3 Å². The highest BCUT2D eigenvalue weighted by atomic mass is 32.2. The average molecular weight is 397 g/mol. The summed E-state index contributed by atoms with van der Waals surface area (Å²) in [6.45, 7) is 1.58. The van der Waals surface area contributed by atoms with E-state index in [0.29, 0.717) is 12.2 Å². The molecule has 0 saturated heterocycles. The summed E-state index contributed by atoms with van der Waals surface area (Å²) < 4.78 is 37.3. The fraction of sp³-hybridized carbons (Fsp3) is 0.286. The van der Waals surface area contributed by atoms with Crippen LogP contribution in [0.15, 0.2) is 23.1 Å². The van der Waals surface area contributed by atoms with Gasteiger partial charge >= 0.3 is 12.0 Å². The first-order valence-electron chi connectivity index (χ1n) is 7.41. The second kappa shape index (κ2) is 7.33. The smallest absolute Gasteiger partial charge is 0.335 e. The maximum absolute atomic E-state index is 12.6. The number of hydrogen-bond donors (Lipinski definition) is 2. The van der Waals surface area contributed by atoms with Gasteiger partial charge in [-0.2, -0.15) is 15.0 Å². The third kappa shape index (κ3) is 3.96. The number of amides is 2. The van der Waals surface area contributed by atoms with Crippen molar-refractivity contribution in [2.75, 3.05) is 18.2 Å². The molecule has 26 heavy (non-hydrogen) atoms. The number of hydrogen-bond acceptors (Lipinski definition) is 9. The minimum absolute atomic E-state index is 0.00166. The van der Waals surface area contributed by atoms with E-state index in [1.54, 1.807) is 19.1 Å². The number of para-hydroxylation sites is 1. The number of anilines is 1. The molecule has 10 nitrogen and oxygen atoms in total. The zero-order valence-corrected chi connectivity index (χ0v) is 15.5. The van der Waals surface area contributed by atoms with E-state index in [1.807, 2.05) is 4.72 Å². The van der Waals surface area contributed by atoms with Gasteiger partial charge in [0, 0.05) is 5.75 Å². The molecular formula is C14H15N5O5S2. The van der Waals surface area contributed by atoms with Crippen molar-refractivity contribution in [3.63, 3.8) is 0 Å². The molecule has 1 aromatic heterocycles. The highest BCUT2D eigenvalue weighted by Gasteiger charge is 2.26. The molecule has 0 bridgehead atoms. The number of urea groups is 1. The number of aromatic nitrogens is 3. The Labute approximate surface area is 154 Å². The number of aryl methyl sites for hydroxylation is 2. The molecule has 1 aromatic carbocycles. The Morgan fingerprint density at radius 3 is 2.88 bits per heavy atom. The first kappa shape index (κ1) is 18.2. The van der Waals surface area contributed by atoms with Crippen molar-refractivity contribution in [3.05, 3.63) is 29.6 Å². The lowest BCUT2D eigenvalue weighted by atomic mass is 10.1. The molecule has 0 radical (unpaired) electrons. The number of nitrogens with one attached hydrogen (secondary N) is 2. The molecule has 0 spiro atoms. The van der Waals surface area contributed by atoms with E-state index in [2.05, 4.69) is 20.3 Å². The molecule has 2 heterocycles. The number of fused-ring (bicyclic) bond motifs is 1. The van der Waals surface area contributed by atoms with Gasteiger partial charge in [-0.25, -0.2) is 17.9 Å². The molecule has 2 amide bonds. The second-order valence-corrected chi connectivity index (χ2v) is 7.61. The Morgan fingerprint density at radius 2 is 2.12 bits per heavy atom. The van der Waals surface area contributed by atoms with Gasteiger partial charge < -0.3 is 8.92 Å². The van der Waals surface area contributed by atoms with Gasteiger partial charge in [0.2, 0.25) is 5.95 Å². The quantitative estimate of drug-likeness (QED) is 0.732. The van der Waals surface area contributed by atoms with E-state index >= 15 is 0 Å². The van der Waals surface area contributed by atoms with Crippen LogP contribution < -0.4 is 19.0 Å². The Hall–Kier alpha value is -2.60. The summed E-state index contributed by atoms with van der Waals surface area (Å²) in [4.78, 5) is 23.6. The minimum Gasteiger partial charge on any atom is -0.467 e. The topological polar surface area (TPSA) is 132 Å². The molecule has 1 aliphatic rings. The van der Waals surface area contributed by atoms with Crippen LogP contribution in [0.25, 0.3) is 0 Å². The molecule has 2 N–H and O–H groups in total. The van der Waals surface area contributed by atoms with Gasteiger partial charge in [-0.05, 0) is 25.0 Å². The molecular weight excluding hydrogens is 382 g/mol. The zero-order valence-electron chi connectivity index (χ0n) is 13.8. The largest absolute Gasteiger partial charge is 0.467 e. The number of carbonyl (C=O) groups excluding carboxylic acids is 1. The van der Waals surface area contributed by atoms with Crippen molar-refractivity contribution in [1.29, 1.82) is 0 Å². The zero-order chi connectivity index (χ0) is 18.7. The lowest BCUT2D eigenvalue weighted by molar-refractivity contribution is 0.256. The Balaban J connectivity index is 1.80. The summed E-state index contributed by atoms with van der Waals surface area (Å²) in [6.07, 6.45) is 0.680. The van der Waals surface area contributed by atoms with Crippen LogP contribution in [-0.2, 0) is 16.4 Å². The highest BCUT2D eigenvalue weighted by Crippen LogP contribution is 2.35. The monoisotopic (exact) mass is 397 g/mol. The number of methoxy groups -OCH3 is 1. The summed E-state index contributed by atoms with van der Waals surface area (Å²) >= 11 is 1.16. The first-order chi connectivity index (χ1) is 12.4. The van der Waals surface area contributed by atoms with Crippen LogP contribution >= 0.6 is 12.0 Å². The van der Waals surface area contributed by atoms with Crippen LogP contribution in [0.4, 0.5) is 10.7 Å². The van der Waals surface area contributed by atoms with Gasteiger partial charge in [-0.15, -0.1) is 0 Å². The van der Waals surface area contributed by atoms with Crippen molar-refractivity contribution in [2.24, 2.45) is 0 Å². The minimum atomic E-state index is -4.15. The molecule has 0 fully saturated rings. The van der Waals surface area contributed by atoms with Crippen molar-refractivity contribution in [1.82, 2.24) is 19.7 Å². The van der Waals surface area contributed by atoms with Crippen LogP contribution in [0.3, 0.4) is 0 Å². The van der Waals surface area contributed by atoms with Crippen molar-refractivity contribution >= 4 is 34.0 Å². The summed E-state index contributed by atoms with van der Waals surface area (Å²) in [6, 6.07) is 3.74. The fourth-order valence-corrected chi connectivity index (χ4v) is 4.06. The highest BCUT2D eigenvalue weighted by molar-refractivity contribution is 7.95. The van der Waals surface area contributed by atoms with Gasteiger partial charge in [0.15, 0.2) is 5.75 Å². The predicted molar refractivity (Wildman–Crippen MR) is 93.7 cm³/mol. The molecule has 0 unspecified atom stereocenters. The predicted octanol–water partition coefficient (Wildman–Crippen LogP) is 1.28. The van der Waals surface area contributed by atoms with E-state index in [0.717, 1.165) is 23.4 Å². The van der Waals surface area contributed by atoms with Gasteiger partial charge in [0.25, 0.3) is 10.0 Å². The van der Waals surface area contributed by atoms with Crippen molar-refractivity contribution < 1.29 is 22.1 Å². The van der Waals surface area contributed by atoms with E-state index in [9.17, 15) is 13.2 Å². The van der Waals surface area contributed by atoms with E-state index < -0.39 is 16.1 Å². The second-order valence-electron chi connectivity index (χ2n) is 5.15. The number of sulfonamides is 1. The fourth-order valence-electron chi connectivity index (χ4n) is 2.23. The third-order valence-corrected chi connectivity index (χ3v) is 5.32. The maximum atomic E-state index is 12.6. The number of benzene rings is 1. The lowest BCUT2D eigenvalue weighted by Gasteiger charge is -2.18. The normalized spacial score (nSPS) is 13.3. The Bertz CT molecular complexity index is 951. The van der Waals surface area contributed by atoms with Crippen LogP contribution in [0.1, 0.15) is 11.4 Å².